The monoisotopic (exact) mass is 771 g/mol. The van der Waals surface area contributed by atoms with Crippen LogP contribution in [-0.4, -0.2) is 78.6 Å². The summed E-state index contributed by atoms with van der Waals surface area (Å²) in [6, 6.07) is 0. The summed E-state index contributed by atoms with van der Waals surface area (Å²) in [6.07, 6.45) is 43.6. The lowest BCUT2D eigenvalue weighted by atomic mass is 10.0. The summed E-state index contributed by atoms with van der Waals surface area (Å²) in [7, 11) is 1.65. The Bertz CT molecular complexity index is 691. The predicted molar refractivity (Wildman–Crippen MR) is 229 cm³/mol. The van der Waals surface area contributed by atoms with Gasteiger partial charge in [0.25, 0.3) is 0 Å². The Morgan fingerprint density at radius 3 is 1.13 bits per heavy atom. The second-order valence-electron chi connectivity index (χ2n) is 15.8. The van der Waals surface area contributed by atoms with E-state index in [1.165, 1.54) is 193 Å². The number of carbonyl (C=O) groups excluding carboxylic acids is 1. The van der Waals surface area contributed by atoms with Gasteiger partial charge in [-0.15, -0.1) is 0 Å². The van der Waals surface area contributed by atoms with Gasteiger partial charge in [0.15, 0.2) is 0 Å². The molecule has 0 aromatic heterocycles. The Labute approximate surface area is 336 Å². The van der Waals surface area contributed by atoms with Crippen LogP contribution in [0.15, 0.2) is 0 Å². The molecule has 0 bridgehead atoms. The highest BCUT2D eigenvalue weighted by Crippen LogP contribution is 2.15. The van der Waals surface area contributed by atoms with Crippen molar-refractivity contribution in [2.75, 3.05) is 66.6 Å². The molecule has 0 unspecified atom stereocenters. The molecule has 54 heavy (non-hydrogen) atoms. The average Bonchev–Trinajstić information content (AvgIpc) is 3.18. The fourth-order valence-electron chi connectivity index (χ4n) is 6.89. The van der Waals surface area contributed by atoms with Gasteiger partial charge >= 0.3 is 5.97 Å². The van der Waals surface area contributed by atoms with Crippen LogP contribution in [0.4, 0.5) is 0 Å². The van der Waals surface area contributed by atoms with E-state index in [4.69, 9.17) is 28.4 Å². The molecule has 0 aromatic carbocycles. The summed E-state index contributed by atoms with van der Waals surface area (Å²) in [5.41, 5.74) is 0. The lowest BCUT2D eigenvalue weighted by Crippen LogP contribution is -2.28. The maximum atomic E-state index is 12.4. The Balaban J connectivity index is 3.99. The molecule has 0 radical (unpaired) electrons. The average molecular weight is 771 g/mol. The van der Waals surface area contributed by atoms with Crippen LogP contribution in [0.2, 0.25) is 0 Å². The van der Waals surface area contributed by atoms with Gasteiger partial charge in [-0.25, -0.2) is 0 Å². The number of hydrogen-bond acceptors (Lipinski definition) is 7. The van der Waals surface area contributed by atoms with Crippen molar-refractivity contribution in [2.24, 2.45) is 0 Å². The highest BCUT2D eigenvalue weighted by Gasteiger charge is 2.13. The van der Waals surface area contributed by atoms with Gasteiger partial charge in [-0.3, -0.25) is 4.79 Å². The zero-order chi connectivity index (χ0) is 39.1. The number of unbranched alkanes of at least 4 members (excludes halogenated alkanes) is 30. The van der Waals surface area contributed by atoms with Gasteiger partial charge in [-0.1, -0.05) is 206 Å². The van der Waals surface area contributed by atoms with Gasteiger partial charge in [0.2, 0.25) is 0 Å². The largest absolute Gasteiger partial charge is 0.463 e. The van der Waals surface area contributed by atoms with Gasteiger partial charge in [-0.05, 0) is 12.8 Å². The van der Waals surface area contributed by atoms with Crippen molar-refractivity contribution in [3.05, 3.63) is 0 Å². The van der Waals surface area contributed by atoms with Crippen molar-refractivity contribution in [3.63, 3.8) is 0 Å². The molecule has 1 atom stereocenters. The summed E-state index contributed by atoms with van der Waals surface area (Å²) in [5.74, 6) is -0.260. The minimum Gasteiger partial charge on any atom is -0.463 e. The van der Waals surface area contributed by atoms with Crippen LogP contribution in [0, 0.1) is 0 Å². The molecule has 0 aliphatic heterocycles. The Hall–Kier alpha value is -0.730. The summed E-state index contributed by atoms with van der Waals surface area (Å²) >= 11 is 0. The topological polar surface area (TPSA) is 72.5 Å². The smallest absolute Gasteiger partial charge is 0.308 e. The van der Waals surface area contributed by atoms with Crippen LogP contribution in [0.5, 0.6) is 0 Å². The minimum absolute atomic E-state index is 0.221. The van der Waals surface area contributed by atoms with Crippen molar-refractivity contribution in [1.82, 2.24) is 0 Å². The molecule has 0 aliphatic carbocycles. The van der Waals surface area contributed by atoms with Crippen molar-refractivity contribution >= 4 is 5.97 Å². The molecule has 0 fully saturated rings. The van der Waals surface area contributed by atoms with Crippen molar-refractivity contribution < 1.29 is 33.2 Å². The molecule has 0 heterocycles. The second-order valence-corrected chi connectivity index (χ2v) is 15.8. The van der Waals surface area contributed by atoms with E-state index in [1.54, 1.807) is 7.11 Å². The first kappa shape index (κ1) is 53.3. The highest BCUT2D eigenvalue weighted by atomic mass is 16.6. The molecule has 0 spiro atoms. The molecule has 0 N–H and O–H groups in total. The molecule has 7 nitrogen and oxygen atoms in total. The van der Waals surface area contributed by atoms with Gasteiger partial charge < -0.3 is 28.4 Å². The standard InChI is InChI=1S/C47H94O7/c1-4-6-8-10-12-14-16-18-20-22-24-26-28-30-32-34-37-52-44-46(45-54-47(48)36-39-50-42-43-51-41-40-49-3)53-38-35-33-31-29-27-25-23-21-19-17-15-13-11-9-7-5-2/h46H,4-45H2,1-3H3/t46-/m1/s1. The third-order valence-electron chi connectivity index (χ3n) is 10.5. The van der Waals surface area contributed by atoms with E-state index >= 15 is 0 Å². The molecular formula is C47H94O7. The zero-order valence-electron chi connectivity index (χ0n) is 36.6. The Morgan fingerprint density at radius 2 is 0.722 bits per heavy atom. The van der Waals surface area contributed by atoms with E-state index in [2.05, 4.69) is 13.8 Å². The maximum Gasteiger partial charge on any atom is 0.308 e. The third kappa shape index (κ3) is 45.7. The molecule has 0 amide bonds. The van der Waals surface area contributed by atoms with Gasteiger partial charge in [0, 0.05) is 20.3 Å². The first-order chi connectivity index (χ1) is 26.7. The van der Waals surface area contributed by atoms with Crippen molar-refractivity contribution in [2.45, 2.75) is 232 Å². The number of methoxy groups -OCH3 is 1. The Kier molecular flexibility index (Phi) is 47.8. The summed E-state index contributed by atoms with van der Waals surface area (Å²) < 4.78 is 33.6. The van der Waals surface area contributed by atoms with Gasteiger partial charge in [-0.2, -0.15) is 0 Å². The quantitative estimate of drug-likeness (QED) is 0.0450. The van der Waals surface area contributed by atoms with Crippen LogP contribution in [0.1, 0.15) is 226 Å². The summed E-state index contributed by atoms with van der Waals surface area (Å²) in [6.45, 7) is 9.10. The molecule has 7 heteroatoms. The molecule has 0 saturated carbocycles. The van der Waals surface area contributed by atoms with Crippen LogP contribution in [-0.2, 0) is 33.2 Å². The number of carbonyl (C=O) groups is 1. The number of hydrogen-bond donors (Lipinski definition) is 0. The first-order valence-electron chi connectivity index (χ1n) is 23.7. The number of rotatable bonds is 48. The number of esters is 1. The molecule has 324 valence electrons. The van der Waals surface area contributed by atoms with Gasteiger partial charge in [0.1, 0.15) is 12.7 Å². The molecular weight excluding hydrogens is 677 g/mol. The second kappa shape index (κ2) is 48.4. The highest BCUT2D eigenvalue weighted by molar-refractivity contribution is 5.69. The van der Waals surface area contributed by atoms with E-state index in [1.807, 2.05) is 0 Å². The molecule has 0 aliphatic rings. The minimum atomic E-state index is -0.260. The first-order valence-corrected chi connectivity index (χ1v) is 23.7. The van der Waals surface area contributed by atoms with Crippen LogP contribution >= 0.6 is 0 Å². The normalized spacial score (nSPS) is 12.1. The molecule has 0 aromatic rings. The third-order valence-corrected chi connectivity index (χ3v) is 10.5. The van der Waals surface area contributed by atoms with E-state index in [0.717, 1.165) is 19.4 Å². The number of ether oxygens (including phenoxy) is 6. The van der Waals surface area contributed by atoms with Crippen molar-refractivity contribution in [3.8, 4) is 0 Å². The lowest BCUT2D eigenvalue weighted by Gasteiger charge is -2.18. The predicted octanol–water partition coefficient (Wildman–Crippen LogP) is 13.5. The fraction of sp³-hybridized carbons (Fsp3) is 0.979. The fourth-order valence-corrected chi connectivity index (χ4v) is 6.89. The van der Waals surface area contributed by atoms with Crippen molar-refractivity contribution in [1.29, 1.82) is 0 Å². The molecule has 0 rings (SSSR count). The summed E-state index contributed by atoms with van der Waals surface area (Å²) in [4.78, 5) is 12.4. The van der Waals surface area contributed by atoms with E-state index in [9.17, 15) is 4.79 Å². The van der Waals surface area contributed by atoms with Crippen LogP contribution in [0.3, 0.4) is 0 Å². The SMILES string of the molecule is CCCCCCCCCCCCCCCCCCOC[C@H](COC(=O)CCOCCOCCOC)OCCCCCCCCCCCCCCCCCC. The molecule has 0 saturated heterocycles. The Morgan fingerprint density at radius 1 is 0.370 bits per heavy atom. The van der Waals surface area contributed by atoms with Crippen LogP contribution in [0.25, 0.3) is 0 Å². The maximum absolute atomic E-state index is 12.4. The van der Waals surface area contributed by atoms with E-state index in [0.29, 0.717) is 46.2 Å². The van der Waals surface area contributed by atoms with Gasteiger partial charge in [0.05, 0.1) is 46.1 Å². The zero-order valence-corrected chi connectivity index (χ0v) is 36.6. The van der Waals surface area contributed by atoms with E-state index < -0.39 is 0 Å². The van der Waals surface area contributed by atoms with Crippen LogP contribution < -0.4 is 0 Å². The lowest BCUT2D eigenvalue weighted by molar-refractivity contribution is -0.151. The van der Waals surface area contributed by atoms with E-state index in [-0.39, 0.29) is 25.1 Å². The summed E-state index contributed by atoms with van der Waals surface area (Å²) in [5, 5.41) is 0.